The highest BCUT2D eigenvalue weighted by atomic mass is 16.1. The van der Waals surface area contributed by atoms with Crippen molar-refractivity contribution in [3.8, 4) is 0 Å². The van der Waals surface area contributed by atoms with Crippen molar-refractivity contribution in [1.29, 1.82) is 0 Å². The molecular weight excluding hydrogens is 202 g/mol. The summed E-state index contributed by atoms with van der Waals surface area (Å²) in [7, 11) is 0. The van der Waals surface area contributed by atoms with Gasteiger partial charge in [-0.15, -0.1) is 0 Å². The summed E-state index contributed by atoms with van der Waals surface area (Å²) in [6.07, 6.45) is 6.60. The van der Waals surface area contributed by atoms with Crippen LogP contribution in [0, 0.1) is 0 Å². The number of nitrogens with zero attached hydrogens (tertiary/aromatic N) is 1. The second-order valence-electron chi connectivity index (χ2n) is 4.30. The lowest BCUT2D eigenvalue weighted by atomic mass is 10.3. The third kappa shape index (κ3) is 3.38. The molecule has 1 saturated carbocycles. The lowest BCUT2D eigenvalue weighted by Gasteiger charge is -2.03. The molecule has 4 heteroatoms. The molecule has 4 nitrogen and oxygen atoms in total. The maximum atomic E-state index is 11.4. The number of nitrogens with one attached hydrogen (secondary N) is 2. The van der Waals surface area contributed by atoms with E-state index in [0.29, 0.717) is 13.1 Å². The van der Waals surface area contributed by atoms with Gasteiger partial charge in [0, 0.05) is 31.5 Å². The van der Waals surface area contributed by atoms with Gasteiger partial charge in [-0.3, -0.25) is 4.79 Å². The molecule has 1 aromatic rings. The van der Waals surface area contributed by atoms with Gasteiger partial charge in [-0.1, -0.05) is 0 Å². The summed E-state index contributed by atoms with van der Waals surface area (Å²) < 4.78 is 1.93. The Kier molecular flexibility index (Phi) is 3.62. The van der Waals surface area contributed by atoms with Gasteiger partial charge in [0.05, 0.1) is 0 Å². The van der Waals surface area contributed by atoms with Crippen LogP contribution in [0.5, 0.6) is 0 Å². The lowest BCUT2D eigenvalue weighted by molar-refractivity contribution is -0.121. The predicted octanol–water partition coefficient (Wildman–Crippen LogP) is 0.876. The molecule has 0 spiro atoms. The maximum Gasteiger partial charge on any atom is 0.239 e. The first-order valence-electron chi connectivity index (χ1n) is 5.92. The molecule has 1 heterocycles. The van der Waals surface area contributed by atoms with E-state index >= 15 is 0 Å². The fraction of sp³-hybridized carbons (Fsp3) is 0.583. The van der Waals surface area contributed by atoms with E-state index in [1.54, 1.807) is 0 Å². The lowest BCUT2D eigenvalue weighted by Crippen LogP contribution is -2.26. The normalized spacial score (nSPS) is 15.1. The van der Waals surface area contributed by atoms with E-state index in [1.807, 2.05) is 23.9 Å². The zero-order valence-corrected chi connectivity index (χ0v) is 9.70. The van der Waals surface area contributed by atoms with E-state index in [1.165, 1.54) is 18.4 Å². The predicted molar refractivity (Wildman–Crippen MR) is 63.0 cm³/mol. The molecule has 1 fully saturated rings. The van der Waals surface area contributed by atoms with Crippen molar-refractivity contribution < 1.29 is 4.79 Å². The first-order valence-corrected chi connectivity index (χ1v) is 5.92. The van der Waals surface area contributed by atoms with Gasteiger partial charge in [0.2, 0.25) is 5.91 Å². The van der Waals surface area contributed by atoms with Crippen molar-refractivity contribution in [3.63, 3.8) is 0 Å². The molecule has 1 aliphatic carbocycles. The topological polar surface area (TPSA) is 46.1 Å². The number of likely N-dealkylation sites (N-methyl/N-ethyl adjacent to an activating group) is 1. The van der Waals surface area contributed by atoms with Gasteiger partial charge in [0.25, 0.3) is 0 Å². The molecular formula is C12H19N3O. The van der Waals surface area contributed by atoms with Gasteiger partial charge in [-0.2, -0.15) is 0 Å². The third-order valence-electron chi connectivity index (χ3n) is 2.68. The van der Waals surface area contributed by atoms with Crippen molar-refractivity contribution in [2.45, 2.75) is 38.9 Å². The molecule has 2 N–H and O–H groups in total. The average Bonchev–Trinajstić information content (AvgIpc) is 2.98. The Bertz CT molecular complexity index is 355. The van der Waals surface area contributed by atoms with E-state index in [2.05, 4.69) is 16.7 Å². The summed E-state index contributed by atoms with van der Waals surface area (Å²) in [6, 6.07) is 2.79. The van der Waals surface area contributed by atoms with Gasteiger partial charge >= 0.3 is 0 Å². The molecule has 0 unspecified atom stereocenters. The van der Waals surface area contributed by atoms with Crippen LogP contribution in [0.2, 0.25) is 0 Å². The minimum atomic E-state index is 0.0693. The third-order valence-corrected chi connectivity index (χ3v) is 2.68. The summed E-state index contributed by atoms with van der Waals surface area (Å²) in [5.41, 5.74) is 1.25. The van der Waals surface area contributed by atoms with Crippen LogP contribution in [-0.2, 0) is 17.9 Å². The largest absolute Gasteiger partial charge is 0.355 e. The van der Waals surface area contributed by atoms with Crippen LogP contribution in [0.1, 0.15) is 25.3 Å². The summed E-state index contributed by atoms with van der Waals surface area (Å²) in [5, 5.41) is 6.24. The Morgan fingerprint density at radius 3 is 3.06 bits per heavy atom. The fourth-order valence-electron chi connectivity index (χ4n) is 1.66. The van der Waals surface area contributed by atoms with E-state index in [-0.39, 0.29) is 5.91 Å². The second-order valence-corrected chi connectivity index (χ2v) is 4.30. The van der Waals surface area contributed by atoms with E-state index in [9.17, 15) is 4.79 Å². The minimum absolute atomic E-state index is 0.0693. The van der Waals surface area contributed by atoms with Crippen molar-refractivity contribution in [3.05, 3.63) is 24.0 Å². The quantitative estimate of drug-likeness (QED) is 0.749. The summed E-state index contributed by atoms with van der Waals surface area (Å²) in [4.78, 5) is 11.4. The second kappa shape index (κ2) is 5.16. The van der Waals surface area contributed by atoms with Gasteiger partial charge in [0.1, 0.15) is 6.54 Å². The van der Waals surface area contributed by atoms with Crippen LogP contribution in [-0.4, -0.2) is 23.1 Å². The summed E-state index contributed by atoms with van der Waals surface area (Å²) in [6.45, 7) is 3.94. The molecule has 2 rings (SSSR count). The molecule has 16 heavy (non-hydrogen) atoms. The standard InChI is InChI=1S/C12H19N3O/c1-2-13-12(16)9-15-6-5-10(8-15)7-14-11-3-4-11/h5-6,8,11,14H,2-4,7,9H2,1H3,(H,13,16). The zero-order valence-electron chi connectivity index (χ0n) is 9.70. The highest BCUT2D eigenvalue weighted by molar-refractivity contribution is 5.75. The summed E-state index contributed by atoms with van der Waals surface area (Å²) in [5.74, 6) is 0.0693. The molecule has 0 radical (unpaired) electrons. The Hall–Kier alpha value is -1.29. The van der Waals surface area contributed by atoms with Gasteiger partial charge in [-0.05, 0) is 31.4 Å². The monoisotopic (exact) mass is 221 g/mol. The highest BCUT2D eigenvalue weighted by Gasteiger charge is 2.19. The van der Waals surface area contributed by atoms with E-state index < -0.39 is 0 Å². The molecule has 0 aliphatic heterocycles. The van der Waals surface area contributed by atoms with Crippen LogP contribution < -0.4 is 10.6 Å². The number of carbonyl (C=O) groups excluding carboxylic acids is 1. The number of aromatic nitrogens is 1. The zero-order chi connectivity index (χ0) is 11.4. The molecule has 0 bridgehead atoms. The summed E-state index contributed by atoms with van der Waals surface area (Å²) >= 11 is 0. The van der Waals surface area contributed by atoms with Crippen molar-refractivity contribution in [2.75, 3.05) is 6.54 Å². The van der Waals surface area contributed by atoms with Gasteiger partial charge in [-0.25, -0.2) is 0 Å². The molecule has 1 aromatic heterocycles. The van der Waals surface area contributed by atoms with Crippen LogP contribution in [0.3, 0.4) is 0 Å². The highest BCUT2D eigenvalue weighted by Crippen LogP contribution is 2.19. The minimum Gasteiger partial charge on any atom is -0.355 e. The SMILES string of the molecule is CCNC(=O)Cn1ccc(CNC2CC2)c1. The maximum absolute atomic E-state index is 11.4. The van der Waals surface area contributed by atoms with Crippen molar-refractivity contribution in [2.24, 2.45) is 0 Å². The average molecular weight is 221 g/mol. The number of hydrogen-bond donors (Lipinski definition) is 2. The molecule has 0 saturated heterocycles. The molecule has 0 atom stereocenters. The Balaban J connectivity index is 1.78. The first kappa shape index (κ1) is 11.2. The van der Waals surface area contributed by atoms with Crippen LogP contribution in [0.25, 0.3) is 0 Å². The van der Waals surface area contributed by atoms with E-state index in [4.69, 9.17) is 0 Å². The molecule has 0 aromatic carbocycles. The fourth-order valence-corrected chi connectivity index (χ4v) is 1.66. The number of hydrogen-bond acceptors (Lipinski definition) is 2. The van der Waals surface area contributed by atoms with Gasteiger partial charge in [0.15, 0.2) is 0 Å². The Morgan fingerprint density at radius 1 is 1.56 bits per heavy atom. The van der Waals surface area contributed by atoms with Crippen LogP contribution in [0.4, 0.5) is 0 Å². The molecule has 1 aliphatic rings. The first-order chi connectivity index (χ1) is 7.78. The van der Waals surface area contributed by atoms with Crippen LogP contribution in [0.15, 0.2) is 18.5 Å². The molecule has 1 amide bonds. The van der Waals surface area contributed by atoms with Crippen molar-refractivity contribution >= 4 is 5.91 Å². The smallest absolute Gasteiger partial charge is 0.239 e. The van der Waals surface area contributed by atoms with Gasteiger partial charge < -0.3 is 15.2 Å². The molecule has 88 valence electrons. The Labute approximate surface area is 96.0 Å². The number of carbonyl (C=O) groups is 1. The number of amides is 1. The van der Waals surface area contributed by atoms with E-state index in [0.717, 1.165) is 12.6 Å². The Morgan fingerprint density at radius 2 is 2.38 bits per heavy atom. The van der Waals surface area contributed by atoms with Crippen molar-refractivity contribution in [1.82, 2.24) is 15.2 Å². The van der Waals surface area contributed by atoms with Crippen LogP contribution >= 0.6 is 0 Å². The number of rotatable bonds is 6.